The number of amides is 1. The van der Waals surface area contributed by atoms with Gasteiger partial charge in [0.05, 0.1) is 24.5 Å². The van der Waals surface area contributed by atoms with E-state index < -0.39 is 11.5 Å². The van der Waals surface area contributed by atoms with E-state index in [2.05, 4.69) is 18.2 Å². The number of hydrogen-bond donors (Lipinski definition) is 2. The van der Waals surface area contributed by atoms with Crippen LogP contribution in [-0.2, 0) is 11.3 Å². The number of rotatable bonds is 9. The number of aromatic nitrogens is 1. The van der Waals surface area contributed by atoms with Crippen molar-refractivity contribution in [1.82, 2.24) is 4.57 Å². The fourth-order valence-electron chi connectivity index (χ4n) is 4.99. The van der Waals surface area contributed by atoms with Crippen LogP contribution in [0.5, 0.6) is 5.75 Å². The predicted octanol–water partition coefficient (Wildman–Crippen LogP) is 4.84. The van der Waals surface area contributed by atoms with Crippen LogP contribution >= 0.6 is 11.6 Å². The average molecular weight is 519 g/mol. The Kier molecular flexibility index (Phi) is 5.94. The summed E-state index contributed by atoms with van der Waals surface area (Å²) < 4.78 is 13.1. The van der Waals surface area contributed by atoms with Gasteiger partial charge in [-0.3, -0.25) is 9.59 Å². The molecule has 4 aromatic rings. The fourth-order valence-corrected chi connectivity index (χ4v) is 5.17. The van der Waals surface area contributed by atoms with E-state index in [0.717, 1.165) is 21.7 Å². The van der Waals surface area contributed by atoms with Gasteiger partial charge in [-0.25, -0.2) is 0 Å². The van der Waals surface area contributed by atoms with Gasteiger partial charge in [0, 0.05) is 22.5 Å². The van der Waals surface area contributed by atoms with Gasteiger partial charge in [0.15, 0.2) is 6.61 Å². The lowest BCUT2D eigenvalue weighted by molar-refractivity contribution is -0.182. The predicted molar refractivity (Wildman–Crippen MR) is 142 cm³/mol. The van der Waals surface area contributed by atoms with Gasteiger partial charge in [0.1, 0.15) is 11.4 Å². The highest BCUT2D eigenvalue weighted by molar-refractivity contribution is 6.31. The van der Waals surface area contributed by atoms with E-state index >= 15 is 0 Å². The highest BCUT2D eigenvalue weighted by Gasteiger charge is 2.36. The van der Waals surface area contributed by atoms with Crippen LogP contribution in [0.3, 0.4) is 0 Å². The zero-order valence-electron chi connectivity index (χ0n) is 20.2. The molecule has 2 fully saturated rings. The highest BCUT2D eigenvalue weighted by atomic mass is 35.5. The molecule has 1 saturated carbocycles. The van der Waals surface area contributed by atoms with Gasteiger partial charge in [-0.05, 0) is 77.9 Å². The van der Waals surface area contributed by atoms with Gasteiger partial charge in [-0.1, -0.05) is 29.8 Å². The zero-order chi connectivity index (χ0) is 25.7. The normalized spacial score (nSPS) is 16.6. The monoisotopic (exact) mass is 518 g/mol. The summed E-state index contributed by atoms with van der Waals surface area (Å²) in [5, 5.41) is 13.7. The molecule has 1 aromatic heterocycles. The van der Waals surface area contributed by atoms with Crippen LogP contribution in [0.15, 0.2) is 54.6 Å². The lowest BCUT2D eigenvalue weighted by Gasteiger charge is -2.36. The van der Waals surface area contributed by atoms with E-state index in [1.165, 1.54) is 18.4 Å². The number of nitrogens with zero attached hydrogens (tertiary/aromatic N) is 1. The quantitative estimate of drug-likeness (QED) is 0.309. The van der Waals surface area contributed by atoms with Crippen molar-refractivity contribution in [2.45, 2.75) is 37.3 Å². The number of aliphatic hydroxyl groups is 1. The number of ether oxygens (including phenoxy) is 2. The van der Waals surface area contributed by atoms with Gasteiger partial charge in [-0.15, -0.1) is 0 Å². The van der Waals surface area contributed by atoms with Crippen molar-refractivity contribution < 1.29 is 24.2 Å². The molecule has 190 valence electrons. The van der Waals surface area contributed by atoms with E-state index in [-0.39, 0.29) is 23.7 Å². The topological polar surface area (TPSA) is 104 Å². The number of aryl methyl sites for hydroxylation is 1. The van der Waals surface area contributed by atoms with Gasteiger partial charge < -0.3 is 24.9 Å². The van der Waals surface area contributed by atoms with Gasteiger partial charge in [0.2, 0.25) is 5.78 Å². The maximum atomic E-state index is 13.5. The first kappa shape index (κ1) is 24.0. The van der Waals surface area contributed by atoms with Crippen LogP contribution in [0.2, 0.25) is 5.02 Å². The molecule has 6 rings (SSSR count). The molecule has 0 radical (unpaired) electrons. The standard InChI is InChI=1S/C29H27ClN2O5/c30-22-6-5-19-13-27(23(28(31)34)10-21(19)9-22)37-14-26(33)25-12-20-4-3-18(17-1-2-17)11-24(20)32(25)8-7-29(35)15-36-16-29/h3-6,9-13,17,35H,1-2,7-8,14-16H2,(H2,31,34). The van der Waals surface area contributed by atoms with Crippen molar-refractivity contribution in [2.24, 2.45) is 5.73 Å². The largest absolute Gasteiger partial charge is 0.485 e. The maximum Gasteiger partial charge on any atom is 0.252 e. The first-order valence-corrected chi connectivity index (χ1v) is 12.8. The summed E-state index contributed by atoms with van der Waals surface area (Å²) in [6.45, 7) is 0.810. The van der Waals surface area contributed by atoms with Crippen molar-refractivity contribution in [1.29, 1.82) is 0 Å². The molecular weight excluding hydrogens is 492 g/mol. The van der Waals surface area contributed by atoms with Crippen LogP contribution < -0.4 is 10.5 Å². The first-order valence-electron chi connectivity index (χ1n) is 12.4. The summed E-state index contributed by atoms with van der Waals surface area (Å²) in [7, 11) is 0. The Labute approximate surface area is 218 Å². The minimum atomic E-state index is -0.869. The first-order chi connectivity index (χ1) is 17.8. The third-order valence-electron chi connectivity index (χ3n) is 7.33. The second-order valence-corrected chi connectivity index (χ2v) is 10.6. The number of ketones is 1. The minimum absolute atomic E-state index is 0.185. The van der Waals surface area contributed by atoms with E-state index in [9.17, 15) is 14.7 Å². The molecule has 0 atom stereocenters. The summed E-state index contributed by atoms with van der Waals surface area (Å²) in [6, 6.07) is 16.8. The molecule has 2 heterocycles. The minimum Gasteiger partial charge on any atom is -0.485 e. The Morgan fingerprint density at radius 3 is 2.54 bits per heavy atom. The zero-order valence-corrected chi connectivity index (χ0v) is 21.0. The van der Waals surface area contributed by atoms with Crippen LogP contribution in [0.25, 0.3) is 21.7 Å². The lowest BCUT2D eigenvalue weighted by Crippen LogP contribution is -2.50. The number of nitrogens with two attached hydrogens (primary N) is 1. The maximum absolute atomic E-state index is 13.5. The Balaban J connectivity index is 1.31. The molecule has 1 aliphatic carbocycles. The summed E-state index contributed by atoms with van der Waals surface area (Å²) in [5.74, 6) is -0.0561. The number of Topliss-reactive ketones (excluding diaryl/α,β-unsaturated/α-hetero) is 1. The molecule has 1 aliphatic heterocycles. The Morgan fingerprint density at radius 2 is 1.84 bits per heavy atom. The summed E-state index contributed by atoms with van der Waals surface area (Å²) >= 11 is 6.09. The van der Waals surface area contributed by atoms with Gasteiger partial charge in [0.25, 0.3) is 5.91 Å². The van der Waals surface area contributed by atoms with Crippen molar-refractivity contribution in [3.8, 4) is 5.75 Å². The summed E-state index contributed by atoms with van der Waals surface area (Å²) in [6.07, 6.45) is 2.84. The lowest BCUT2D eigenvalue weighted by atomic mass is 9.98. The Bertz CT molecular complexity index is 1550. The van der Waals surface area contributed by atoms with Crippen LogP contribution in [-0.4, -0.2) is 46.8 Å². The van der Waals surface area contributed by atoms with Crippen LogP contribution in [0, 0.1) is 0 Å². The van der Waals surface area contributed by atoms with Gasteiger partial charge in [-0.2, -0.15) is 0 Å². The van der Waals surface area contributed by atoms with E-state index in [1.807, 2.05) is 16.7 Å². The third kappa shape index (κ3) is 4.70. The van der Waals surface area contributed by atoms with Crippen molar-refractivity contribution in [2.75, 3.05) is 19.8 Å². The molecule has 2 aliphatic rings. The molecule has 3 aromatic carbocycles. The number of primary amides is 1. The number of halogens is 1. The van der Waals surface area contributed by atoms with E-state index in [0.29, 0.717) is 42.8 Å². The number of benzene rings is 3. The van der Waals surface area contributed by atoms with Crippen molar-refractivity contribution in [3.63, 3.8) is 0 Å². The SMILES string of the molecule is NC(=O)c1cc2cc(Cl)ccc2cc1OCC(=O)c1cc2ccc(C3CC3)cc2n1CCC1(O)COC1. The van der Waals surface area contributed by atoms with Crippen molar-refractivity contribution in [3.05, 3.63) is 76.4 Å². The summed E-state index contributed by atoms with van der Waals surface area (Å²) in [5.41, 5.74) is 7.66. The summed E-state index contributed by atoms with van der Waals surface area (Å²) in [4.78, 5) is 25.6. The second kappa shape index (κ2) is 9.17. The molecule has 3 N–H and O–H groups in total. The third-order valence-corrected chi connectivity index (χ3v) is 7.57. The number of fused-ring (bicyclic) bond motifs is 2. The fraction of sp³-hybridized carbons (Fsp3) is 0.310. The number of carbonyl (C=O) groups excluding carboxylic acids is 2. The number of carbonyl (C=O) groups is 2. The molecular formula is C29H27ClN2O5. The van der Waals surface area contributed by atoms with E-state index in [4.69, 9.17) is 26.8 Å². The molecule has 0 unspecified atom stereocenters. The molecule has 0 bridgehead atoms. The second-order valence-electron chi connectivity index (χ2n) is 10.2. The number of hydrogen-bond acceptors (Lipinski definition) is 5. The van der Waals surface area contributed by atoms with E-state index in [1.54, 1.807) is 24.3 Å². The molecule has 1 amide bonds. The molecule has 0 spiro atoms. The molecule has 8 heteroatoms. The molecule has 1 saturated heterocycles. The highest BCUT2D eigenvalue weighted by Crippen LogP contribution is 2.41. The van der Waals surface area contributed by atoms with Crippen LogP contribution in [0.1, 0.15) is 51.6 Å². The molecule has 37 heavy (non-hydrogen) atoms. The Morgan fingerprint density at radius 1 is 1.05 bits per heavy atom. The average Bonchev–Trinajstić information content (AvgIpc) is 3.65. The van der Waals surface area contributed by atoms with Gasteiger partial charge >= 0.3 is 0 Å². The van der Waals surface area contributed by atoms with Crippen molar-refractivity contribution >= 4 is 45.0 Å². The Hall–Kier alpha value is -3.39. The smallest absolute Gasteiger partial charge is 0.252 e. The molecule has 7 nitrogen and oxygen atoms in total. The van der Waals surface area contributed by atoms with Crippen LogP contribution in [0.4, 0.5) is 0 Å².